The summed E-state index contributed by atoms with van der Waals surface area (Å²) in [6, 6.07) is 2.00. The van der Waals surface area contributed by atoms with Crippen LogP contribution in [-0.2, 0) is 13.1 Å². The highest BCUT2D eigenvalue weighted by molar-refractivity contribution is 14.0. The van der Waals surface area contributed by atoms with Crippen molar-refractivity contribution in [2.75, 3.05) is 39.8 Å². The Kier molecular flexibility index (Phi) is 7.88. The summed E-state index contributed by atoms with van der Waals surface area (Å²) in [5.74, 6) is 1.83. The molecule has 0 bridgehead atoms. The number of aliphatic imine (C=N–C) groups is 1. The second-order valence-electron chi connectivity index (χ2n) is 6.45. The van der Waals surface area contributed by atoms with E-state index in [0.717, 1.165) is 63.2 Å². The molecular formula is C17H28IN7O. The fourth-order valence-electron chi connectivity index (χ4n) is 3.04. The van der Waals surface area contributed by atoms with E-state index in [1.165, 1.54) is 5.56 Å². The molecule has 0 atom stereocenters. The van der Waals surface area contributed by atoms with E-state index in [1.807, 2.05) is 30.9 Å². The maximum absolute atomic E-state index is 5.14. The van der Waals surface area contributed by atoms with Crippen molar-refractivity contribution in [3.63, 3.8) is 0 Å². The third-order valence-electron chi connectivity index (χ3n) is 4.33. The van der Waals surface area contributed by atoms with Crippen LogP contribution in [0.15, 0.2) is 28.0 Å². The van der Waals surface area contributed by atoms with Crippen LogP contribution in [-0.4, -0.2) is 70.5 Å². The molecule has 0 radical (unpaired) electrons. The predicted octanol–water partition coefficient (Wildman–Crippen LogP) is 1.50. The summed E-state index contributed by atoms with van der Waals surface area (Å²) in [6.07, 6.45) is 3.93. The molecule has 1 fully saturated rings. The van der Waals surface area contributed by atoms with Crippen molar-refractivity contribution in [2.24, 2.45) is 4.99 Å². The van der Waals surface area contributed by atoms with Crippen molar-refractivity contribution in [3.8, 4) is 0 Å². The minimum Gasteiger partial charge on any atom is -0.361 e. The van der Waals surface area contributed by atoms with E-state index in [4.69, 9.17) is 4.52 Å². The first-order chi connectivity index (χ1) is 12.1. The first-order valence-electron chi connectivity index (χ1n) is 8.73. The Labute approximate surface area is 171 Å². The number of piperazine rings is 1. The van der Waals surface area contributed by atoms with Crippen LogP contribution in [0.1, 0.15) is 17.0 Å². The first-order valence-corrected chi connectivity index (χ1v) is 8.73. The van der Waals surface area contributed by atoms with E-state index in [-0.39, 0.29) is 24.0 Å². The number of aromatic nitrogens is 3. The minimum atomic E-state index is 0. The molecule has 9 heteroatoms. The summed E-state index contributed by atoms with van der Waals surface area (Å²) in [6.45, 7) is 10.4. The van der Waals surface area contributed by atoms with Crippen LogP contribution in [0.5, 0.6) is 0 Å². The molecule has 0 aromatic carbocycles. The maximum Gasteiger partial charge on any atom is 0.193 e. The lowest BCUT2D eigenvalue weighted by molar-refractivity contribution is 0.169. The Balaban J connectivity index is 0.00000243. The Morgan fingerprint density at radius 2 is 2.04 bits per heavy atom. The highest BCUT2D eigenvalue weighted by Gasteiger charge is 2.20. The van der Waals surface area contributed by atoms with Crippen molar-refractivity contribution in [1.82, 2.24) is 30.1 Å². The van der Waals surface area contributed by atoms with Gasteiger partial charge in [0.2, 0.25) is 0 Å². The summed E-state index contributed by atoms with van der Waals surface area (Å²) < 4.78 is 7.09. The number of hydrogen-bond donors (Lipinski definition) is 1. The van der Waals surface area contributed by atoms with Crippen LogP contribution in [0.3, 0.4) is 0 Å². The zero-order valence-corrected chi connectivity index (χ0v) is 18.0. The minimum absolute atomic E-state index is 0. The average Bonchev–Trinajstić information content (AvgIpc) is 3.21. The fourth-order valence-corrected chi connectivity index (χ4v) is 3.04. The number of rotatable bonds is 5. The molecule has 3 rings (SSSR count). The molecule has 2 aromatic heterocycles. The van der Waals surface area contributed by atoms with Gasteiger partial charge in [-0.05, 0) is 19.4 Å². The third-order valence-corrected chi connectivity index (χ3v) is 4.33. The lowest BCUT2D eigenvalue weighted by atomic mass is 10.3. The van der Waals surface area contributed by atoms with Gasteiger partial charge in [-0.2, -0.15) is 5.10 Å². The smallest absolute Gasteiger partial charge is 0.193 e. The van der Waals surface area contributed by atoms with Gasteiger partial charge in [0, 0.05) is 58.6 Å². The Morgan fingerprint density at radius 1 is 1.27 bits per heavy atom. The number of aryl methyl sites for hydroxylation is 2. The first kappa shape index (κ1) is 20.7. The molecule has 8 nitrogen and oxygen atoms in total. The lowest BCUT2D eigenvalue weighted by Gasteiger charge is -2.36. The van der Waals surface area contributed by atoms with Crippen LogP contribution >= 0.6 is 24.0 Å². The number of guanidine groups is 1. The molecular weight excluding hydrogens is 445 g/mol. The molecule has 0 saturated carbocycles. The van der Waals surface area contributed by atoms with Crippen molar-refractivity contribution in [2.45, 2.75) is 26.9 Å². The van der Waals surface area contributed by atoms with Crippen LogP contribution in [0.4, 0.5) is 0 Å². The zero-order valence-electron chi connectivity index (χ0n) is 15.7. The summed E-state index contributed by atoms with van der Waals surface area (Å²) in [7, 11) is 1.84. The molecule has 0 unspecified atom stereocenters. The van der Waals surface area contributed by atoms with Gasteiger partial charge in [0.05, 0.1) is 18.4 Å². The van der Waals surface area contributed by atoms with Crippen LogP contribution in [0, 0.1) is 13.8 Å². The van der Waals surface area contributed by atoms with E-state index in [1.54, 1.807) is 0 Å². The van der Waals surface area contributed by atoms with Gasteiger partial charge < -0.3 is 14.7 Å². The number of nitrogens with zero attached hydrogens (tertiary/aromatic N) is 6. The standard InChI is InChI=1S/C17H27N7O.HI/c1-14-11-20-24(12-14)5-4-19-17(18-3)23-8-6-22(7-9-23)13-16-10-15(2)25-21-16;/h10-12H,4-9,13H2,1-3H3,(H,18,19);1H. The number of nitrogens with one attached hydrogen (secondary N) is 1. The summed E-state index contributed by atoms with van der Waals surface area (Å²) in [4.78, 5) is 9.12. The van der Waals surface area contributed by atoms with Crippen molar-refractivity contribution < 1.29 is 4.52 Å². The Morgan fingerprint density at radius 3 is 2.62 bits per heavy atom. The zero-order chi connectivity index (χ0) is 17.6. The predicted molar refractivity (Wildman–Crippen MR) is 112 cm³/mol. The topological polar surface area (TPSA) is 74.7 Å². The largest absolute Gasteiger partial charge is 0.361 e. The van der Waals surface area contributed by atoms with Gasteiger partial charge in [0.15, 0.2) is 5.96 Å². The summed E-state index contributed by atoms with van der Waals surface area (Å²) >= 11 is 0. The van der Waals surface area contributed by atoms with Gasteiger partial charge in [-0.3, -0.25) is 14.6 Å². The van der Waals surface area contributed by atoms with Crippen LogP contribution in [0.2, 0.25) is 0 Å². The average molecular weight is 473 g/mol. The second kappa shape index (κ2) is 9.91. The van der Waals surface area contributed by atoms with Crippen molar-refractivity contribution in [1.29, 1.82) is 0 Å². The molecule has 2 aromatic rings. The summed E-state index contributed by atoms with van der Waals surface area (Å²) in [5, 5.41) is 11.8. The maximum atomic E-state index is 5.14. The van der Waals surface area contributed by atoms with E-state index >= 15 is 0 Å². The van der Waals surface area contributed by atoms with Crippen LogP contribution < -0.4 is 5.32 Å². The van der Waals surface area contributed by atoms with Gasteiger partial charge >= 0.3 is 0 Å². The molecule has 1 N–H and O–H groups in total. The molecule has 0 amide bonds. The molecule has 0 aliphatic carbocycles. The van der Waals surface area contributed by atoms with Gasteiger partial charge in [-0.15, -0.1) is 24.0 Å². The Hall–Kier alpha value is -1.62. The van der Waals surface area contributed by atoms with E-state index in [9.17, 15) is 0 Å². The summed E-state index contributed by atoms with van der Waals surface area (Å²) in [5.41, 5.74) is 2.19. The molecule has 144 valence electrons. The van der Waals surface area contributed by atoms with Gasteiger partial charge in [-0.1, -0.05) is 5.16 Å². The molecule has 1 saturated heterocycles. The molecule has 26 heavy (non-hydrogen) atoms. The molecule has 0 spiro atoms. The quantitative estimate of drug-likeness (QED) is 0.403. The lowest BCUT2D eigenvalue weighted by Crippen LogP contribution is -2.52. The monoisotopic (exact) mass is 473 g/mol. The van der Waals surface area contributed by atoms with E-state index < -0.39 is 0 Å². The normalized spacial score (nSPS) is 15.8. The molecule has 1 aliphatic rings. The van der Waals surface area contributed by atoms with Crippen LogP contribution in [0.25, 0.3) is 0 Å². The Bertz CT molecular complexity index is 704. The van der Waals surface area contributed by atoms with E-state index in [0.29, 0.717) is 0 Å². The SMILES string of the molecule is CN=C(NCCn1cc(C)cn1)N1CCN(Cc2cc(C)on2)CC1.I. The van der Waals surface area contributed by atoms with Gasteiger partial charge in [0.25, 0.3) is 0 Å². The second-order valence-corrected chi connectivity index (χ2v) is 6.45. The highest BCUT2D eigenvalue weighted by atomic mass is 127. The number of halogens is 1. The highest BCUT2D eigenvalue weighted by Crippen LogP contribution is 2.09. The van der Waals surface area contributed by atoms with Crippen molar-refractivity contribution >= 4 is 29.9 Å². The van der Waals surface area contributed by atoms with Crippen molar-refractivity contribution in [3.05, 3.63) is 35.5 Å². The fraction of sp³-hybridized carbons (Fsp3) is 0.588. The van der Waals surface area contributed by atoms with Gasteiger partial charge in [-0.25, -0.2) is 0 Å². The molecule has 1 aliphatic heterocycles. The third kappa shape index (κ3) is 5.70. The van der Waals surface area contributed by atoms with E-state index in [2.05, 4.69) is 43.5 Å². The van der Waals surface area contributed by atoms with Gasteiger partial charge in [0.1, 0.15) is 5.76 Å². The molecule has 3 heterocycles. The number of hydrogen-bond acceptors (Lipinski definition) is 5.